The number of halogens is 1. The van der Waals surface area contributed by atoms with Crippen LogP contribution in [0.15, 0.2) is 48.4 Å². The van der Waals surface area contributed by atoms with E-state index >= 15 is 0 Å². The number of rotatable bonds is 4. The van der Waals surface area contributed by atoms with Gasteiger partial charge in [-0.05, 0) is 55.7 Å². The van der Waals surface area contributed by atoms with Crippen molar-refractivity contribution >= 4 is 22.6 Å². The Morgan fingerprint density at radius 1 is 1.13 bits per heavy atom. The highest BCUT2D eigenvalue weighted by molar-refractivity contribution is 6.30. The number of hydrogen-bond donors (Lipinski definition) is 0. The molecule has 0 atom stereocenters. The largest absolute Gasteiger partial charge is 0.322 e. The van der Waals surface area contributed by atoms with E-state index in [-0.39, 0.29) is 10.6 Å². The summed E-state index contributed by atoms with van der Waals surface area (Å²) in [6.07, 6.45) is 2.17. The van der Waals surface area contributed by atoms with Crippen LogP contribution in [0.25, 0.3) is 11.0 Å². The summed E-state index contributed by atoms with van der Waals surface area (Å²) in [4.78, 5) is 6.83. The normalized spacial score (nSPS) is 19.9. The predicted octanol–water partition coefficient (Wildman–Crippen LogP) is 4.33. The third kappa shape index (κ3) is 3.12. The maximum Gasteiger partial charge on any atom is 0.124 e. The first kappa shape index (κ1) is 9.45. The van der Waals surface area contributed by atoms with Gasteiger partial charge in [-0.25, -0.2) is 4.98 Å². The highest BCUT2D eigenvalue weighted by Gasteiger charge is 2.17. The summed E-state index contributed by atoms with van der Waals surface area (Å²) in [5.41, 5.74) is 0.816. The first-order chi connectivity index (χ1) is 13.7. The standard InChI is InChI=1S/C19H20ClN3/c20-16-9-7-15(8-10-16)13-23-18-6-2-1-5-17(18)21-19(23)14-22-11-3-4-12-22/h1-2,5-10H,3-4,11-14H2/i7D,8D,9D,10D,13D2. The molecule has 0 radical (unpaired) electrons. The molecule has 2 aromatic carbocycles. The minimum Gasteiger partial charge on any atom is -0.322 e. The topological polar surface area (TPSA) is 21.1 Å². The molecule has 3 aromatic rings. The average molecular weight is 332 g/mol. The van der Waals surface area contributed by atoms with E-state index in [2.05, 4.69) is 9.88 Å². The van der Waals surface area contributed by atoms with Crippen molar-refractivity contribution in [2.75, 3.05) is 13.1 Å². The van der Waals surface area contributed by atoms with Crippen LogP contribution in [0.2, 0.25) is 5.02 Å². The SMILES string of the molecule is [2H]c1c([2H])c(C([2H])([2H])n2c(CN3CCCC3)nc3ccccc32)c([2H])c([2H])c1Cl. The maximum absolute atomic E-state index is 8.89. The molecule has 0 bridgehead atoms. The molecule has 4 heteroatoms. The molecular weight excluding hydrogens is 306 g/mol. The number of fused-ring (bicyclic) bond motifs is 1. The van der Waals surface area contributed by atoms with Crippen LogP contribution in [0.5, 0.6) is 0 Å². The second-order valence-electron chi connectivity index (χ2n) is 5.64. The molecule has 4 rings (SSSR count). The zero-order valence-electron chi connectivity index (χ0n) is 18.6. The van der Waals surface area contributed by atoms with Crippen molar-refractivity contribution in [3.05, 3.63) is 64.8 Å². The van der Waals surface area contributed by atoms with Crippen LogP contribution in [-0.4, -0.2) is 27.5 Å². The van der Waals surface area contributed by atoms with Crippen LogP contribution < -0.4 is 0 Å². The minimum atomic E-state index is -2.35. The molecule has 1 fully saturated rings. The highest BCUT2D eigenvalue weighted by Crippen LogP contribution is 2.21. The Morgan fingerprint density at radius 3 is 2.65 bits per heavy atom. The molecule has 0 amide bonds. The summed E-state index contributed by atoms with van der Waals surface area (Å²) in [6.45, 7) is -0.0814. The molecular formula is C19H20ClN3. The summed E-state index contributed by atoms with van der Waals surface area (Å²) >= 11 is 5.91. The number of hydrogen-bond acceptors (Lipinski definition) is 2. The van der Waals surface area contributed by atoms with Crippen LogP contribution in [0, 0.1) is 0 Å². The van der Waals surface area contributed by atoms with Crippen molar-refractivity contribution in [2.45, 2.75) is 25.9 Å². The van der Waals surface area contributed by atoms with Crippen LogP contribution in [0.3, 0.4) is 0 Å². The lowest BCUT2D eigenvalue weighted by atomic mass is 10.2. The maximum atomic E-state index is 8.89. The van der Waals surface area contributed by atoms with Gasteiger partial charge in [0.1, 0.15) is 5.82 Å². The summed E-state index contributed by atoms with van der Waals surface area (Å²) in [6, 6.07) is 5.30. The van der Waals surface area contributed by atoms with E-state index < -0.39 is 30.7 Å². The number of nitrogens with zero attached hydrogens (tertiary/aromatic N) is 3. The average Bonchev–Trinajstić information content (AvgIpc) is 3.32. The number of imidazole rings is 1. The van der Waals surface area contributed by atoms with E-state index in [9.17, 15) is 0 Å². The van der Waals surface area contributed by atoms with E-state index in [1.165, 1.54) is 4.57 Å². The van der Waals surface area contributed by atoms with Crippen molar-refractivity contribution in [3.63, 3.8) is 0 Å². The molecule has 1 aliphatic heterocycles. The fourth-order valence-corrected chi connectivity index (χ4v) is 3.01. The molecule has 0 aliphatic carbocycles. The number of aromatic nitrogens is 2. The third-order valence-electron chi connectivity index (χ3n) is 4.01. The van der Waals surface area contributed by atoms with E-state index in [4.69, 9.17) is 19.8 Å². The van der Waals surface area contributed by atoms with Crippen molar-refractivity contribution in [2.24, 2.45) is 0 Å². The Balaban J connectivity index is 1.96. The van der Waals surface area contributed by atoms with Gasteiger partial charge in [0.25, 0.3) is 0 Å². The third-order valence-corrected chi connectivity index (χ3v) is 4.20. The Labute approximate surface area is 149 Å². The molecule has 23 heavy (non-hydrogen) atoms. The summed E-state index contributed by atoms with van der Waals surface area (Å²) in [5, 5.41) is -0.313. The first-order valence-corrected chi connectivity index (χ1v) is 8.06. The van der Waals surface area contributed by atoms with Gasteiger partial charge in [-0.2, -0.15) is 0 Å². The number of likely N-dealkylation sites (tertiary alicyclic amines) is 1. The molecule has 1 aliphatic rings. The molecule has 3 nitrogen and oxygen atoms in total. The number of benzene rings is 2. The molecule has 1 aromatic heterocycles. The van der Waals surface area contributed by atoms with Crippen molar-refractivity contribution in [1.82, 2.24) is 14.5 Å². The molecule has 118 valence electrons. The van der Waals surface area contributed by atoms with Gasteiger partial charge in [0, 0.05) is 11.5 Å². The van der Waals surface area contributed by atoms with Crippen molar-refractivity contribution in [3.8, 4) is 0 Å². The Bertz CT molecular complexity index is 1060. The van der Waals surface area contributed by atoms with Crippen molar-refractivity contribution in [1.29, 1.82) is 0 Å². The van der Waals surface area contributed by atoms with Crippen LogP contribution in [0.4, 0.5) is 0 Å². The van der Waals surface area contributed by atoms with Gasteiger partial charge in [-0.15, -0.1) is 0 Å². The minimum absolute atomic E-state index is 0.313. The van der Waals surface area contributed by atoms with E-state index in [0.29, 0.717) is 23.4 Å². The Morgan fingerprint density at radius 2 is 1.87 bits per heavy atom. The molecule has 0 saturated carbocycles. The molecule has 0 spiro atoms. The highest BCUT2D eigenvalue weighted by atomic mass is 35.5. The predicted molar refractivity (Wildman–Crippen MR) is 94.8 cm³/mol. The van der Waals surface area contributed by atoms with Gasteiger partial charge in [0.15, 0.2) is 0 Å². The van der Waals surface area contributed by atoms with E-state index in [0.717, 1.165) is 25.9 Å². The zero-order valence-corrected chi connectivity index (χ0v) is 13.3. The molecule has 0 N–H and O–H groups in total. The lowest BCUT2D eigenvalue weighted by Gasteiger charge is -2.16. The summed E-state index contributed by atoms with van der Waals surface area (Å²) in [7, 11) is 0. The fourth-order valence-electron chi connectivity index (χ4n) is 2.91. The second kappa shape index (κ2) is 6.34. The molecule has 1 saturated heterocycles. The molecule has 0 unspecified atom stereocenters. The Hall–Kier alpha value is -1.84. The van der Waals surface area contributed by atoms with Crippen LogP contribution >= 0.6 is 11.6 Å². The number of para-hydroxylation sites is 2. The van der Waals surface area contributed by atoms with Crippen molar-refractivity contribution < 1.29 is 8.22 Å². The fraction of sp³-hybridized carbons (Fsp3) is 0.316. The quantitative estimate of drug-likeness (QED) is 0.709. The van der Waals surface area contributed by atoms with Gasteiger partial charge >= 0.3 is 0 Å². The van der Waals surface area contributed by atoms with E-state index in [1.807, 2.05) is 6.07 Å². The van der Waals surface area contributed by atoms with E-state index in [1.54, 1.807) is 18.2 Å². The van der Waals surface area contributed by atoms with Crippen LogP contribution in [0.1, 0.15) is 32.5 Å². The zero-order chi connectivity index (χ0) is 20.9. The van der Waals surface area contributed by atoms with Gasteiger partial charge in [0.2, 0.25) is 0 Å². The monoisotopic (exact) mass is 331 g/mol. The second-order valence-corrected chi connectivity index (χ2v) is 6.01. The smallest absolute Gasteiger partial charge is 0.124 e. The van der Waals surface area contributed by atoms with Gasteiger partial charge in [-0.3, -0.25) is 4.90 Å². The molecule has 2 heterocycles. The lowest BCUT2D eigenvalue weighted by Crippen LogP contribution is -2.21. The lowest BCUT2D eigenvalue weighted by molar-refractivity contribution is 0.318. The van der Waals surface area contributed by atoms with Crippen LogP contribution in [-0.2, 0) is 13.0 Å². The first-order valence-electron chi connectivity index (χ1n) is 10.7. The van der Waals surface area contributed by atoms with Gasteiger partial charge in [-0.1, -0.05) is 35.8 Å². The Kier molecular flexibility index (Phi) is 2.61. The van der Waals surface area contributed by atoms with Gasteiger partial charge < -0.3 is 4.57 Å². The summed E-state index contributed by atoms with van der Waals surface area (Å²) in [5.74, 6) is 0.491. The van der Waals surface area contributed by atoms with Gasteiger partial charge in [0.05, 0.1) is 25.8 Å². The summed E-state index contributed by atoms with van der Waals surface area (Å²) < 4.78 is 51.7.